The number of hydrogen-bond donors (Lipinski definition) is 2. The average molecular weight is 306 g/mol. The largest absolute Gasteiger partial charge is 0.398 e. The van der Waals surface area contributed by atoms with Crippen molar-refractivity contribution in [2.24, 2.45) is 0 Å². The van der Waals surface area contributed by atoms with Gasteiger partial charge in [-0.05, 0) is 23.6 Å². The summed E-state index contributed by atoms with van der Waals surface area (Å²) in [6.45, 7) is 4.27. The number of rotatable bonds is 4. The van der Waals surface area contributed by atoms with Gasteiger partial charge in [0.05, 0.1) is 0 Å². The van der Waals surface area contributed by atoms with Crippen molar-refractivity contribution < 1.29 is 4.79 Å². The minimum atomic E-state index is -0.236. The van der Waals surface area contributed by atoms with Gasteiger partial charge in [-0.15, -0.1) is 0 Å². The second-order valence-corrected chi connectivity index (χ2v) is 5.71. The van der Waals surface area contributed by atoms with E-state index >= 15 is 0 Å². The summed E-state index contributed by atoms with van der Waals surface area (Å²) in [5, 5.41) is 10.7. The van der Waals surface area contributed by atoms with Crippen molar-refractivity contribution in [2.75, 3.05) is 5.73 Å². The summed E-state index contributed by atoms with van der Waals surface area (Å²) >= 11 is 0. The topological polar surface area (TPSA) is 84.7 Å². The average Bonchev–Trinajstić information content (AvgIpc) is 3.04. The van der Waals surface area contributed by atoms with E-state index in [0.717, 1.165) is 5.56 Å². The van der Waals surface area contributed by atoms with Crippen LogP contribution in [0, 0.1) is 0 Å². The Morgan fingerprint density at radius 2 is 1.74 bits per heavy atom. The number of hydrogen-bond acceptors (Lipinski definition) is 4. The maximum absolute atomic E-state index is 12.7. The second-order valence-electron chi connectivity index (χ2n) is 5.71. The summed E-state index contributed by atoms with van der Waals surface area (Å²) in [5.41, 5.74) is 9.65. The predicted octanol–water partition coefficient (Wildman–Crippen LogP) is 3.41. The zero-order valence-corrected chi connectivity index (χ0v) is 13.1. The number of anilines is 1. The lowest BCUT2D eigenvalue weighted by molar-refractivity contribution is 0.103. The number of H-pyrrole nitrogens is 1. The van der Waals surface area contributed by atoms with Crippen LogP contribution in [0.25, 0.3) is 11.3 Å². The molecule has 1 aromatic heterocycles. The summed E-state index contributed by atoms with van der Waals surface area (Å²) in [6.07, 6.45) is 0. The minimum absolute atomic E-state index is 0.236. The zero-order chi connectivity index (χ0) is 16.4. The molecule has 0 amide bonds. The van der Waals surface area contributed by atoms with Crippen LogP contribution in [0.4, 0.5) is 5.69 Å². The van der Waals surface area contributed by atoms with Gasteiger partial charge in [0.25, 0.3) is 0 Å². The van der Waals surface area contributed by atoms with Gasteiger partial charge in [0.15, 0.2) is 5.69 Å². The number of nitrogen functional groups attached to an aromatic ring is 1. The molecule has 0 unspecified atom stereocenters. The number of carbonyl (C=O) groups is 1. The second kappa shape index (κ2) is 6.04. The van der Waals surface area contributed by atoms with E-state index < -0.39 is 0 Å². The molecule has 2 aromatic carbocycles. The molecule has 116 valence electrons. The van der Waals surface area contributed by atoms with Gasteiger partial charge in [-0.1, -0.05) is 50.2 Å². The first kappa shape index (κ1) is 15.0. The lowest BCUT2D eigenvalue weighted by Crippen LogP contribution is -2.07. The first-order valence-electron chi connectivity index (χ1n) is 7.48. The Hall–Kier alpha value is -2.95. The van der Waals surface area contributed by atoms with Gasteiger partial charge in [-0.3, -0.25) is 4.79 Å². The first-order valence-corrected chi connectivity index (χ1v) is 7.48. The molecule has 3 rings (SSSR count). The molecule has 5 heteroatoms. The monoisotopic (exact) mass is 306 g/mol. The zero-order valence-electron chi connectivity index (χ0n) is 13.1. The van der Waals surface area contributed by atoms with Crippen LogP contribution in [0.3, 0.4) is 0 Å². The van der Waals surface area contributed by atoms with Gasteiger partial charge in [0, 0.05) is 16.8 Å². The molecule has 23 heavy (non-hydrogen) atoms. The third-order valence-corrected chi connectivity index (χ3v) is 3.82. The molecule has 0 spiro atoms. The van der Waals surface area contributed by atoms with Crippen LogP contribution in [0.15, 0.2) is 48.5 Å². The van der Waals surface area contributed by atoms with Crippen LogP contribution in [0.1, 0.15) is 41.4 Å². The number of nitrogens with one attached hydrogen (secondary N) is 1. The Balaban J connectivity index is 2.00. The normalized spacial score (nSPS) is 10.9. The number of benzene rings is 2. The van der Waals surface area contributed by atoms with Gasteiger partial charge in [0.2, 0.25) is 5.78 Å². The molecule has 0 radical (unpaired) electrons. The number of ketones is 1. The van der Waals surface area contributed by atoms with Crippen LogP contribution in [-0.2, 0) is 0 Å². The smallest absolute Gasteiger partial charge is 0.217 e. The van der Waals surface area contributed by atoms with E-state index in [1.54, 1.807) is 24.3 Å². The van der Waals surface area contributed by atoms with Gasteiger partial charge in [-0.25, -0.2) is 0 Å². The highest BCUT2D eigenvalue weighted by Gasteiger charge is 2.21. The Morgan fingerprint density at radius 3 is 2.39 bits per heavy atom. The van der Waals surface area contributed by atoms with E-state index in [0.29, 0.717) is 22.9 Å². The molecule has 3 N–H and O–H groups in total. The summed E-state index contributed by atoms with van der Waals surface area (Å²) < 4.78 is 0. The third-order valence-electron chi connectivity index (χ3n) is 3.82. The highest BCUT2D eigenvalue weighted by molar-refractivity contribution is 6.13. The molecule has 0 fully saturated rings. The minimum Gasteiger partial charge on any atom is -0.398 e. The van der Waals surface area contributed by atoms with Crippen molar-refractivity contribution in [3.8, 4) is 11.3 Å². The maximum atomic E-state index is 12.7. The van der Waals surface area contributed by atoms with Crippen molar-refractivity contribution in [3.63, 3.8) is 0 Å². The molecule has 3 aromatic rings. The van der Waals surface area contributed by atoms with Crippen molar-refractivity contribution in [3.05, 3.63) is 65.4 Å². The number of nitrogens with zero attached hydrogens (tertiary/aromatic N) is 2. The molecule has 0 saturated heterocycles. The highest BCUT2D eigenvalue weighted by atomic mass is 16.1. The molecule has 0 saturated carbocycles. The van der Waals surface area contributed by atoms with Gasteiger partial charge in [-0.2, -0.15) is 15.4 Å². The highest BCUT2D eigenvalue weighted by Crippen LogP contribution is 2.25. The van der Waals surface area contributed by atoms with Crippen molar-refractivity contribution in [1.82, 2.24) is 15.4 Å². The van der Waals surface area contributed by atoms with Crippen LogP contribution in [0.2, 0.25) is 0 Å². The van der Waals surface area contributed by atoms with Crippen molar-refractivity contribution in [2.45, 2.75) is 19.8 Å². The van der Waals surface area contributed by atoms with E-state index in [-0.39, 0.29) is 11.5 Å². The summed E-state index contributed by atoms with van der Waals surface area (Å²) in [7, 11) is 0. The molecule has 0 bridgehead atoms. The van der Waals surface area contributed by atoms with Crippen LogP contribution in [-0.4, -0.2) is 21.2 Å². The Kier molecular flexibility index (Phi) is 3.93. The molecule has 0 aliphatic rings. The lowest BCUT2D eigenvalue weighted by atomic mass is 9.98. The molecular weight excluding hydrogens is 288 g/mol. The number of aromatic amines is 1. The molecule has 0 aliphatic heterocycles. The van der Waals surface area contributed by atoms with E-state index in [1.165, 1.54) is 5.56 Å². The van der Waals surface area contributed by atoms with Crippen LogP contribution >= 0.6 is 0 Å². The quantitative estimate of drug-likeness (QED) is 0.571. The van der Waals surface area contributed by atoms with Crippen molar-refractivity contribution >= 4 is 11.5 Å². The van der Waals surface area contributed by atoms with Crippen LogP contribution < -0.4 is 5.73 Å². The van der Waals surface area contributed by atoms with Crippen LogP contribution in [0.5, 0.6) is 0 Å². The Morgan fingerprint density at radius 1 is 1.04 bits per heavy atom. The molecule has 0 atom stereocenters. The number of carbonyl (C=O) groups excluding carboxylic acids is 1. The van der Waals surface area contributed by atoms with E-state index in [4.69, 9.17) is 5.73 Å². The summed E-state index contributed by atoms with van der Waals surface area (Å²) in [6, 6.07) is 15.0. The van der Waals surface area contributed by atoms with E-state index in [2.05, 4.69) is 29.3 Å². The maximum Gasteiger partial charge on any atom is 0.217 e. The predicted molar refractivity (Wildman–Crippen MR) is 90.2 cm³/mol. The summed E-state index contributed by atoms with van der Waals surface area (Å²) in [5.74, 6) is 0.214. The van der Waals surface area contributed by atoms with E-state index in [9.17, 15) is 4.79 Å². The Labute approximate surface area is 134 Å². The molecule has 0 aliphatic carbocycles. The molecule has 1 heterocycles. The fourth-order valence-corrected chi connectivity index (χ4v) is 2.45. The SMILES string of the molecule is CC(C)c1ccc(-c2n[nH]nc2C(=O)c2ccccc2N)cc1. The third kappa shape index (κ3) is 2.85. The van der Waals surface area contributed by atoms with Gasteiger partial charge in [0.1, 0.15) is 5.69 Å². The molecule has 5 nitrogen and oxygen atoms in total. The number of aromatic nitrogens is 3. The first-order chi connectivity index (χ1) is 11.1. The van der Waals surface area contributed by atoms with Crippen molar-refractivity contribution in [1.29, 1.82) is 0 Å². The fraction of sp³-hybridized carbons (Fsp3) is 0.167. The lowest BCUT2D eigenvalue weighted by Gasteiger charge is -2.07. The number of nitrogens with two attached hydrogens (primary N) is 1. The van der Waals surface area contributed by atoms with Gasteiger partial charge >= 0.3 is 0 Å². The van der Waals surface area contributed by atoms with Gasteiger partial charge < -0.3 is 5.73 Å². The summed E-state index contributed by atoms with van der Waals surface area (Å²) in [4.78, 5) is 12.7. The number of para-hydroxylation sites is 1. The molecular formula is C18H18N4O. The fourth-order valence-electron chi connectivity index (χ4n) is 2.45. The standard InChI is InChI=1S/C18H18N4O/c1-11(2)12-7-9-13(10-8-12)16-17(21-22-20-16)18(23)14-5-3-4-6-15(14)19/h3-11H,19H2,1-2H3,(H,20,21,22). The Bertz CT molecular complexity index is 834. The van der Waals surface area contributed by atoms with E-state index in [1.807, 2.05) is 24.3 Å².